The van der Waals surface area contributed by atoms with Gasteiger partial charge in [0, 0.05) is 49.7 Å². The standard InChI is InChI=1S/C31H33N7O/c32-29-26(8-4-16-34-29)30-36-28-14-13-27(23-6-2-1-3-7-23)35-31(28)38(30)25-11-9-22(10-12-25)20-37-18-15-24(21-37)33-17-5-19-39/h1-4,6-14,16,24,33,39H,5,15,17-21H2,(H2,32,34). The Morgan fingerprint density at radius 2 is 1.79 bits per heavy atom. The first-order valence-electron chi connectivity index (χ1n) is 13.5. The highest BCUT2D eigenvalue weighted by Gasteiger charge is 2.22. The van der Waals surface area contributed by atoms with E-state index < -0.39 is 0 Å². The summed E-state index contributed by atoms with van der Waals surface area (Å²) in [4.78, 5) is 16.8. The fraction of sp³-hybridized carbons (Fsp3) is 0.258. The van der Waals surface area contributed by atoms with Crippen molar-refractivity contribution in [3.63, 3.8) is 0 Å². The number of hydrogen-bond donors (Lipinski definition) is 3. The molecule has 8 heteroatoms. The molecule has 0 aliphatic carbocycles. The van der Waals surface area contributed by atoms with Crippen LogP contribution in [0.4, 0.5) is 5.82 Å². The fourth-order valence-corrected chi connectivity index (χ4v) is 5.30. The first-order chi connectivity index (χ1) is 19.2. The third-order valence-corrected chi connectivity index (χ3v) is 7.29. The van der Waals surface area contributed by atoms with Gasteiger partial charge in [0.25, 0.3) is 0 Å². The van der Waals surface area contributed by atoms with E-state index in [9.17, 15) is 0 Å². The number of aromatic nitrogens is 4. The smallest absolute Gasteiger partial charge is 0.165 e. The van der Waals surface area contributed by atoms with Crippen LogP contribution in [-0.4, -0.2) is 61.8 Å². The highest BCUT2D eigenvalue weighted by atomic mass is 16.3. The summed E-state index contributed by atoms with van der Waals surface area (Å²) in [5.74, 6) is 1.16. The van der Waals surface area contributed by atoms with Crippen molar-refractivity contribution in [2.24, 2.45) is 0 Å². The van der Waals surface area contributed by atoms with Gasteiger partial charge in [-0.1, -0.05) is 42.5 Å². The number of benzene rings is 2. The average Bonchev–Trinajstić information content (AvgIpc) is 3.58. The number of anilines is 1. The van der Waals surface area contributed by atoms with Gasteiger partial charge in [0.1, 0.15) is 11.3 Å². The van der Waals surface area contributed by atoms with Gasteiger partial charge in [-0.25, -0.2) is 15.0 Å². The molecule has 0 amide bonds. The molecule has 4 heterocycles. The van der Waals surface area contributed by atoms with Gasteiger partial charge in [-0.3, -0.25) is 9.47 Å². The van der Waals surface area contributed by atoms with Crippen LogP contribution in [0.2, 0.25) is 0 Å². The lowest BCUT2D eigenvalue weighted by atomic mass is 10.1. The fourth-order valence-electron chi connectivity index (χ4n) is 5.30. The third-order valence-electron chi connectivity index (χ3n) is 7.29. The van der Waals surface area contributed by atoms with Crippen molar-refractivity contribution in [3.8, 4) is 28.3 Å². The van der Waals surface area contributed by atoms with Crippen LogP contribution in [0.15, 0.2) is 85.1 Å². The van der Waals surface area contributed by atoms with Crippen LogP contribution >= 0.6 is 0 Å². The average molecular weight is 520 g/mol. The van der Waals surface area contributed by atoms with Crippen molar-refractivity contribution in [3.05, 3.63) is 90.6 Å². The predicted octanol–water partition coefficient (Wildman–Crippen LogP) is 4.28. The van der Waals surface area contributed by atoms with Crippen LogP contribution < -0.4 is 11.1 Å². The number of nitrogens with zero attached hydrogens (tertiary/aromatic N) is 5. The van der Waals surface area contributed by atoms with E-state index in [-0.39, 0.29) is 6.61 Å². The van der Waals surface area contributed by atoms with E-state index in [1.54, 1.807) is 6.20 Å². The number of pyridine rings is 2. The number of hydrogen-bond acceptors (Lipinski definition) is 7. The number of imidazole rings is 1. The molecule has 1 aliphatic rings. The summed E-state index contributed by atoms with van der Waals surface area (Å²) in [5, 5.41) is 12.6. The van der Waals surface area contributed by atoms with Crippen molar-refractivity contribution < 1.29 is 5.11 Å². The van der Waals surface area contributed by atoms with E-state index in [2.05, 4.69) is 56.2 Å². The Labute approximate surface area is 228 Å². The first-order valence-corrected chi connectivity index (χ1v) is 13.5. The number of fused-ring (bicyclic) bond motifs is 1. The van der Waals surface area contributed by atoms with Crippen molar-refractivity contribution in [2.75, 3.05) is 32.0 Å². The molecule has 5 aromatic rings. The minimum absolute atomic E-state index is 0.236. The SMILES string of the molecule is Nc1ncccc1-c1nc2ccc(-c3ccccc3)nc2n1-c1ccc(CN2CCC(NCCCO)C2)cc1. The van der Waals surface area contributed by atoms with Gasteiger partial charge in [-0.15, -0.1) is 0 Å². The molecule has 2 aromatic carbocycles. The predicted molar refractivity (Wildman–Crippen MR) is 155 cm³/mol. The zero-order chi connectivity index (χ0) is 26.6. The van der Waals surface area contributed by atoms with Gasteiger partial charge in [-0.05, 0) is 61.3 Å². The Morgan fingerprint density at radius 3 is 2.59 bits per heavy atom. The minimum Gasteiger partial charge on any atom is -0.396 e. The summed E-state index contributed by atoms with van der Waals surface area (Å²) in [5.41, 5.74) is 12.8. The molecule has 8 nitrogen and oxygen atoms in total. The Balaban J connectivity index is 1.33. The molecule has 39 heavy (non-hydrogen) atoms. The Bertz CT molecular complexity index is 1550. The largest absolute Gasteiger partial charge is 0.396 e. The van der Waals surface area contributed by atoms with Crippen LogP contribution in [0.3, 0.4) is 0 Å². The quantitative estimate of drug-likeness (QED) is 0.250. The van der Waals surface area contributed by atoms with Crippen LogP contribution in [-0.2, 0) is 6.54 Å². The lowest BCUT2D eigenvalue weighted by Gasteiger charge is -2.17. The van der Waals surface area contributed by atoms with E-state index in [1.807, 2.05) is 42.5 Å². The number of nitrogen functional groups attached to an aromatic ring is 1. The van der Waals surface area contributed by atoms with Crippen molar-refractivity contribution in [2.45, 2.75) is 25.4 Å². The van der Waals surface area contributed by atoms with E-state index in [4.69, 9.17) is 20.8 Å². The molecule has 198 valence electrons. The van der Waals surface area contributed by atoms with E-state index in [0.717, 1.165) is 78.5 Å². The second kappa shape index (κ2) is 11.3. The van der Waals surface area contributed by atoms with E-state index >= 15 is 0 Å². The summed E-state index contributed by atoms with van der Waals surface area (Å²) >= 11 is 0. The maximum absolute atomic E-state index is 9.03. The normalized spacial score (nSPS) is 15.8. The van der Waals surface area contributed by atoms with Crippen LogP contribution in [0.25, 0.3) is 39.5 Å². The lowest BCUT2D eigenvalue weighted by Crippen LogP contribution is -2.33. The van der Waals surface area contributed by atoms with Gasteiger partial charge >= 0.3 is 0 Å². The zero-order valence-electron chi connectivity index (χ0n) is 21.9. The van der Waals surface area contributed by atoms with Crippen molar-refractivity contribution in [1.29, 1.82) is 0 Å². The van der Waals surface area contributed by atoms with E-state index in [0.29, 0.717) is 11.9 Å². The van der Waals surface area contributed by atoms with E-state index in [1.165, 1.54) is 5.56 Å². The summed E-state index contributed by atoms with van der Waals surface area (Å²) in [7, 11) is 0. The Hall–Kier alpha value is -4.11. The maximum Gasteiger partial charge on any atom is 0.165 e. The monoisotopic (exact) mass is 519 g/mol. The highest BCUT2D eigenvalue weighted by molar-refractivity contribution is 5.84. The van der Waals surface area contributed by atoms with Gasteiger partial charge in [0.15, 0.2) is 11.5 Å². The molecule has 0 bridgehead atoms. The van der Waals surface area contributed by atoms with Gasteiger partial charge in [0.2, 0.25) is 0 Å². The molecule has 0 spiro atoms. The molecule has 1 atom stereocenters. The maximum atomic E-state index is 9.03. The van der Waals surface area contributed by atoms with Crippen molar-refractivity contribution >= 4 is 17.0 Å². The number of rotatable bonds is 9. The number of aliphatic hydroxyl groups excluding tert-OH is 1. The van der Waals surface area contributed by atoms with Gasteiger partial charge in [0.05, 0.1) is 11.3 Å². The summed E-state index contributed by atoms with van der Waals surface area (Å²) in [6, 6.07) is 27.2. The van der Waals surface area contributed by atoms with Crippen LogP contribution in [0, 0.1) is 0 Å². The van der Waals surface area contributed by atoms with Crippen LogP contribution in [0.5, 0.6) is 0 Å². The summed E-state index contributed by atoms with van der Waals surface area (Å²) in [6.45, 7) is 4.10. The van der Waals surface area contributed by atoms with Gasteiger partial charge in [-0.2, -0.15) is 0 Å². The zero-order valence-corrected chi connectivity index (χ0v) is 21.9. The molecule has 1 unspecified atom stereocenters. The minimum atomic E-state index is 0.236. The molecule has 0 radical (unpaired) electrons. The van der Waals surface area contributed by atoms with Gasteiger partial charge < -0.3 is 16.2 Å². The second-order valence-corrected chi connectivity index (χ2v) is 10.0. The molecule has 6 rings (SSSR count). The summed E-state index contributed by atoms with van der Waals surface area (Å²) < 4.78 is 2.08. The molecule has 3 aromatic heterocycles. The highest BCUT2D eigenvalue weighted by Crippen LogP contribution is 2.32. The molecule has 1 aliphatic heterocycles. The molecule has 1 fully saturated rings. The number of likely N-dealkylation sites (tertiary alicyclic amines) is 1. The molecular weight excluding hydrogens is 486 g/mol. The molecule has 1 saturated heterocycles. The number of nitrogens with one attached hydrogen (secondary N) is 1. The third kappa shape index (κ3) is 5.40. The second-order valence-electron chi connectivity index (χ2n) is 10.0. The molecular formula is C31H33N7O. The first kappa shape index (κ1) is 25.2. The van der Waals surface area contributed by atoms with Crippen LogP contribution in [0.1, 0.15) is 18.4 Å². The summed E-state index contributed by atoms with van der Waals surface area (Å²) in [6.07, 6.45) is 3.63. The lowest BCUT2D eigenvalue weighted by molar-refractivity contribution is 0.280. The molecule has 0 saturated carbocycles. The Kier molecular flexibility index (Phi) is 7.31. The topological polar surface area (TPSA) is 105 Å². The number of nitrogens with two attached hydrogens (primary N) is 1. The van der Waals surface area contributed by atoms with Crippen molar-refractivity contribution in [1.82, 2.24) is 29.7 Å². The Morgan fingerprint density at radius 1 is 0.949 bits per heavy atom. The number of aliphatic hydroxyl groups is 1. The molecule has 4 N–H and O–H groups in total.